The maximum atomic E-state index is 8.89. The van der Waals surface area contributed by atoms with Crippen LogP contribution in [0, 0.1) is 0 Å². The molecular formula is C59H66BFeN3O2. The number of carbonyl (C=O) groups excluding carboxylic acids is 1. The predicted molar refractivity (Wildman–Crippen MR) is 278 cm³/mol. The molecule has 0 radical (unpaired) electrons. The van der Waals surface area contributed by atoms with E-state index < -0.39 is 12.1 Å². The Morgan fingerprint density at radius 2 is 0.636 bits per heavy atom. The normalized spacial score (nSPS) is 11.7. The first-order valence-corrected chi connectivity index (χ1v) is 23.1. The molecule has 66 heavy (non-hydrogen) atoms. The van der Waals surface area contributed by atoms with Gasteiger partial charge in [0.15, 0.2) is 0 Å². The Kier molecular flexibility index (Phi) is 19.8. The minimum atomic E-state index is -1.22. The average Bonchev–Trinajstić information content (AvgIpc) is 3.30. The van der Waals surface area contributed by atoms with Crippen LogP contribution in [-0.2, 0) is 21.9 Å². The number of carboxylic acid groups (broad SMARTS) is 1. The number of nitrogens with zero attached hydrogens (tertiary/aromatic N) is 3. The molecule has 0 amide bonds. The summed E-state index contributed by atoms with van der Waals surface area (Å²) in [6, 6.07) is 62.8. The maximum absolute atomic E-state index is 8.89. The van der Waals surface area contributed by atoms with E-state index in [2.05, 4.69) is 233 Å². The van der Waals surface area contributed by atoms with E-state index in [9.17, 15) is 0 Å². The van der Waals surface area contributed by atoms with Crippen LogP contribution in [0.15, 0.2) is 186 Å². The number of carbonyl (C=O) groups is 1. The van der Waals surface area contributed by atoms with Crippen LogP contribution in [0.1, 0.15) is 133 Å². The summed E-state index contributed by atoms with van der Waals surface area (Å²) in [6.45, 7) is 22.9. The monoisotopic (exact) mass is 915 g/mol. The van der Waals surface area contributed by atoms with Crippen LogP contribution < -0.4 is 27.0 Å². The van der Waals surface area contributed by atoms with E-state index in [1.54, 1.807) is 0 Å². The van der Waals surface area contributed by atoms with Gasteiger partial charge < -0.3 is 9.90 Å². The summed E-state index contributed by atoms with van der Waals surface area (Å²) in [5.74, 6) is 0.528. The minimum absolute atomic E-state index is 0. The summed E-state index contributed by atoms with van der Waals surface area (Å²) in [5.41, 5.74) is 16.3. The van der Waals surface area contributed by atoms with Gasteiger partial charge in [0.25, 0.3) is 0 Å². The minimum Gasteiger partial charge on any atom is -0.550 e. The molecule has 0 fully saturated rings. The van der Waals surface area contributed by atoms with Crippen molar-refractivity contribution in [2.45, 2.75) is 99.8 Å². The van der Waals surface area contributed by atoms with Crippen LogP contribution in [0.25, 0.3) is 0 Å². The molecule has 1 aromatic heterocycles. The number of hydrogen-bond donors (Lipinski definition) is 0. The summed E-state index contributed by atoms with van der Waals surface area (Å²) in [7, 11) is 0. The van der Waals surface area contributed by atoms with E-state index in [1.165, 1.54) is 44.1 Å². The van der Waals surface area contributed by atoms with Crippen molar-refractivity contribution in [1.29, 1.82) is 0 Å². The van der Waals surface area contributed by atoms with Gasteiger partial charge in [-0.3, -0.25) is 9.98 Å². The number of para-hydroxylation sites is 2. The maximum Gasteiger partial charge on any atom is 2.00 e. The molecule has 7 rings (SSSR count). The molecule has 6 aromatic carbocycles. The standard InChI is InChI=1S/C33H43N3.C24H20B.C2H4O2.Fe/c1-20(2)26-14-11-15-27(21(3)4)32(26)34-24(9)30-18-13-19-31(36-30)25(10)35-33-28(22(5)6)16-12-17-29(33)23(7)8;1-5-13-21(14-6-1)25(22-15-7-2-8-16-22,23-17-9-3-10-18-23)24-19-11-4-12-20-24;1-2(3)4;/h11-23H,1-10H3;1-20H;1H3,(H,3,4);/q;-1;;+2/p-1. The van der Waals surface area contributed by atoms with E-state index in [4.69, 9.17) is 24.9 Å². The van der Waals surface area contributed by atoms with E-state index in [1.807, 2.05) is 12.1 Å². The number of pyridine rings is 1. The molecule has 0 bridgehead atoms. The van der Waals surface area contributed by atoms with Crippen molar-refractivity contribution in [3.05, 3.63) is 210 Å². The van der Waals surface area contributed by atoms with Crippen LogP contribution >= 0.6 is 0 Å². The molecule has 0 atom stereocenters. The van der Waals surface area contributed by atoms with Crippen LogP contribution in [0.3, 0.4) is 0 Å². The van der Waals surface area contributed by atoms with E-state index in [-0.39, 0.29) is 17.1 Å². The van der Waals surface area contributed by atoms with E-state index in [0.29, 0.717) is 23.7 Å². The third-order valence-corrected chi connectivity index (χ3v) is 11.9. The molecular weight excluding hydrogens is 849 g/mol. The van der Waals surface area contributed by atoms with Gasteiger partial charge in [-0.1, -0.05) is 219 Å². The van der Waals surface area contributed by atoms with Crippen LogP contribution in [0.2, 0.25) is 0 Å². The third kappa shape index (κ3) is 13.0. The molecule has 340 valence electrons. The van der Waals surface area contributed by atoms with Gasteiger partial charge in [-0.05, 0) is 78.8 Å². The van der Waals surface area contributed by atoms with Crippen LogP contribution in [-0.4, -0.2) is 28.5 Å². The van der Waals surface area contributed by atoms with Crippen molar-refractivity contribution in [1.82, 2.24) is 4.98 Å². The number of benzene rings is 6. The van der Waals surface area contributed by atoms with Gasteiger partial charge in [-0.25, -0.2) is 4.98 Å². The molecule has 0 spiro atoms. The molecule has 0 aliphatic rings. The zero-order valence-electron chi connectivity index (χ0n) is 40.6. The Balaban J connectivity index is 0.000000276. The fourth-order valence-electron chi connectivity index (χ4n) is 8.69. The van der Waals surface area contributed by atoms with E-state index in [0.717, 1.165) is 41.1 Å². The predicted octanol–water partition coefficient (Wildman–Crippen LogP) is 11.7. The van der Waals surface area contributed by atoms with Crippen LogP contribution in [0.4, 0.5) is 11.4 Å². The fraction of sp³-hybridized carbons (Fsp3) is 0.254. The van der Waals surface area contributed by atoms with Crippen molar-refractivity contribution in [2.24, 2.45) is 9.98 Å². The summed E-state index contributed by atoms with van der Waals surface area (Å²) >= 11 is 0. The van der Waals surface area contributed by atoms with Crippen molar-refractivity contribution in [2.75, 3.05) is 0 Å². The zero-order chi connectivity index (χ0) is 47.1. The Hall–Kier alpha value is -6.14. The molecule has 7 aromatic rings. The number of carboxylic acids is 1. The Morgan fingerprint density at radius 3 is 0.864 bits per heavy atom. The Morgan fingerprint density at radius 1 is 0.409 bits per heavy atom. The third-order valence-electron chi connectivity index (χ3n) is 11.9. The molecule has 0 saturated carbocycles. The van der Waals surface area contributed by atoms with Crippen molar-refractivity contribution in [3.8, 4) is 0 Å². The summed E-state index contributed by atoms with van der Waals surface area (Å²) in [6.07, 6.45) is -1.22. The number of aromatic nitrogens is 1. The van der Waals surface area contributed by atoms with Gasteiger partial charge in [0, 0.05) is 5.97 Å². The second kappa shape index (κ2) is 25.0. The van der Waals surface area contributed by atoms with Crippen molar-refractivity contribution in [3.63, 3.8) is 0 Å². The quantitative estimate of drug-likeness (QED) is 0.0905. The van der Waals surface area contributed by atoms with Gasteiger partial charge >= 0.3 is 17.1 Å². The van der Waals surface area contributed by atoms with Gasteiger partial charge in [-0.15, -0.1) is 0 Å². The van der Waals surface area contributed by atoms with Gasteiger partial charge in [0.1, 0.15) is 6.15 Å². The molecule has 0 aliphatic heterocycles. The topological polar surface area (TPSA) is 77.7 Å². The second-order valence-corrected chi connectivity index (χ2v) is 18.0. The first-order valence-electron chi connectivity index (χ1n) is 23.1. The zero-order valence-corrected chi connectivity index (χ0v) is 41.7. The number of aliphatic carboxylic acids is 1. The average molecular weight is 916 g/mol. The van der Waals surface area contributed by atoms with Gasteiger partial charge in [0.2, 0.25) is 0 Å². The van der Waals surface area contributed by atoms with Gasteiger partial charge in [-0.2, -0.15) is 21.9 Å². The molecule has 5 nitrogen and oxygen atoms in total. The van der Waals surface area contributed by atoms with Crippen LogP contribution in [0.5, 0.6) is 0 Å². The molecule has 0 unspecified atom stereocenters. The second-order valence-electron chi connectivity index (χ2n) is 18.0. The molecule has 7 heteroatoms. The fourth-order valence-corrected chi connectivity index (χ4v) is 8.69. The summed E-state index contributed by atoms with van der Waals surface area (Å²) in [4.78, 5) is 24.2. The number of rotatable bonds is 12. The van der Waals surface area contributed by atoms with Crippen molar-refractivity contribution < 1.29 is 27.0 Å². The SMILES string of the molecule is CC(=Nc1c(C(C)C)cccc1C(C)C)c1cccc(C(C)=Nc2c(C(C)C)cccc2C(C)C)n1.CC(=O)[O-].[Fe+2].c1ccc([B-](c2ccccc2)(c2ccccc2)c2ccccc2)cc1. The van der Waals surface area contributed by atoms with Gasteiger partial charge in [0.05, 0.1) is 34.2 Å². The summed E-state index contributed by atoms with van der Waals surface area (Å²) in [5, 5.41) is 8.89. The summed E-state index contributed by atoms with van der Waals surface area (Å²) < 4.78 is 0. The first-order chi connectivity index (χ1) is 31.2. The molecule has 0 N–H and O–H groups in total. The Labute approximate surface area is 406 Å². The molecule has 1 heterocycles. The Bertz CT molecular complexity index is 2350. The largest absolute Gasteiger partial charge is 2.00 e. The molecule has 0 saturated heterocycles. The number of hydrogen-bond acceptors (Lipinski definition) is 5. The van der Waals surface area contributed by atoms with Crippen molar-refractivity contribution >= 4 is 56.8 Å². The molecule has 0 aliphatic carbocycles. The smallest absolute Gasteiger partial charge is 0.550 e. The first kappa shape index (κ1) is 52.5. The van der Waals surface area contributed by atoms with E-state index >= 15 is 0 Å². The number of aliphatic imine (C=N–C) groups is 2.